The predicted octanol–water partition coefficient (Wildman–Crippen LogP) is 0.850. The van der Waals surface area contributed by atoms with Gasteiger partial charge in [0.2, 0.25) is 23.3 Å². The Balaban J connectivity index is 1.48. The third kappa shape index (κ3) is 3.43. The minimum atomic E-state index is -1.31. The van der Waals surface area contributed by atoms with Crippen LogP contribution in [0.2, 0.25) is 0 Å². The maximum absolute atomic E-state index is 15.1. The maximum atomic E-state index is 15.1. The van der Waals surface area contributed by atoms with Crippen LogP contribution in [0.1, 0.15) is 29.2 Å². The summed E-state index contributed by atoms with van der Waals surface area (Å²) in [5.41, 5.74) is 11.2. The van der Waals surface area contributed by atoms with Crippen molar-refractivity contribution >= 4 is 40.4 Å². The largest absolute Gasteiger partial charge is 0.477 e. The summed E-state index contributed by atoms with van der Waals surface area (Å²) in [4.78, 5) is 39.9. The number of nitrogens with zero attached hydrogens (tertiary/aromatic N) is 6. The molecule has 32 heavy (non-hydrogen) atoms. The maximum Gasteiger partial charge on any atom is 0.341 e. The van der Waals surface area contributed by atoms with Gasteiger partial charge in [0, 0.05) is 43.8 Å². The first kappa shape index (κ1) is 20.0. The zero-order valence-corrected chi connectivity index (χ0v) is 17.0. The van der Waals surface area contributed by atoms with Gasteiger partial charge in [-0.15, -0.1) is 0 Å². The Morgan fingerprint density at radius 1 is 1.03 bits per heavy atom. The minimum Gasteiger partial charge on any atom is -0.477 e. The number of hydrogen-bond acceptors (Lipinski definition) is 9. The lowest BCUT2D eigenvalue weighted by Crippen LogP contribution is -2.47. The van der Waals surface area contributed by atoms with E-state index in [1.165, 1.54) is 6.20 Å². The first-order valence-electron chi connectivity index (χ1n) is 10.2. The summed E-state index contributed by atoms with van der Waals surface area (Å²) in [7, 11) is 0. The third-order valence-electron chi connectivity index (χ3n) is 5.83. The van der Waals surface area contributed by atoms with E-state index in [1.54, 1.807) is 10.6 Å². The average Bonchev–Trinajstić information content (AvgIpc) is 3.58. The molecule has 1 saturated heterocycles. The number of benzene rings is 1. The normalized spacial score (nSPS) is 16.5. The van der Waals surface area contributed by atoms with Crippen molar-refractivity contribution in [1.29, 1.82) is 0 Å². The number of hydrogen-bond donors (Lipinski definition) is 3. The van der Waals surface area contributed by atoms with Crippen molar-refractivity contribution in [3.63, 3.8) is 0 Å². The van der Waals surface area contributed by atoms with Gasteiger partial charge >= 0.3 is 5.97 Å². The first-order valence-corrected chi connectivity index (χ1v) is 10.2. The Bertz CT molecular complexity index is 1280. The standard InChI is InChI=1S/C20H21FN8O3/c21-13-7-11-14(29(10-1-2-10)9-12(16(11)30)17(31)32)8-15(13)27-3-5-28(6-4-27)20-25-18(22)24-19(23)26-20/h7-10H,1-6H2,(H,31,32)(H4,22,23,24,25,26). The van der Waals surface area contributed by atoms with E-state index in [0.29, 0.717) is 43.3 Å². The molecule has 166 valence electrons. The molecule has 0 amide bonds. The van der Waals surface area contributed by atoms with Gasteiger partial charge in [-0.2, -0.15) is 15.0 Å². The molecule has 0 spiro atoms. The van der Waals surface area contributed by atoms with Crippen molar-refractivity contribution in [2.24, 2.45) is 0 Å². The van der Waals surface area contributed by atoms with Gasteiger partial charge in [-0.3, -0.25) is 4.79 Å². The molecule has 1 aliphatic carbocycles. The molecule has 1 aliphatic heterocycles. The molecule has 1 saturated carbocycles. The van der Waals surface area contributed by atoms with Gasteiger partial charge in [0.25, 0.3) is 0 Å². The van der Waals surface area contributed by atoms with Gasteiger partial charge < -0.3 is 30.9 Å². The van der Waals surface area contributed by atoms with Gasteiger partial charge in [-0.25, -0.2) is 9.18 Å². The van der Waals surface area contributed by atoms with E-state index in [0.717, 1.165) is 18.9 Å². The number of fused-ring (bicyclic) bond motifs is 1. The second kappa shape index (κ2) is 7.32. The van der Waals surface area contributed by atoms with Crippen LogP contribution in [0.5, 0.6) is 0 Å². The molecule has 3 aromatic rings. The van der Waals surface area contributed by atoms with Crippen molar-refractivity contribution in [2.45, 2.75) is 18.9 Å². The number of pyridine rings is 1. The van der Waals surface area contributed by atoms with Crippen LogP contribution in [-0.4, -0.2) is 56.8 Å². The number of carboxylic acid groups (broad SMARTS) is 1. The number of aromatic carboxylic acids is 1. The van der Waals surface area contributed by atoms with Crippen molar-refractivity contribution in [1.82, 2.24) is 19.5 Å². The van der Waals surface area contributed by atoms with Crippen LogP contribution in [0, 0.1) is 5.82 Å². The topological polar surface area (TPSA) is 156 Å². The van der Waals surface area contributed by atoms with E-state index < -0.39 is 17.2 Å². The van der Waals surface area contributed by atoms with Crippen LogP contribution in [0.4, 0.5) is 27.9 Å². The number of nitrogens with two attached hydrogens (primary N) is 2. The molecular weight excluding hydrogens is 419 g/mol. The van der Waals surface area contributed by atoms with Crippen molar-refractivity contribution in [3.05, 3.63) is 39.9 Å². The molecule has 11 nitrogen and oxygen atoms in total. The summed E-state index contributed by atoms with van der Waals surface area (Å²) in [6, 6.07) is 2.91. The fraction of sp³-hybridized carbons (Fsp3) is 0.350. The van der Waals surface area contributed by atoms with E-state index >= 15 is 4.39 Å². The molecule has 0 unspecified atom stereocenters. The van der Waals surface area contributed by atoms with Crippen LogP contribution in [0.25, 0.3) is 10.9 Å². The van der Waals surface area contributed by atoms with Crippen molar-refractivity contribution in [3.8, 4) is 0 Å². The van der Waals surface area contributed by atoms with E-state index in [4.69, 9.17) is 11.5 Å². The molecule has 0 atom stereocenters. The number of nitrogen functional groups attached to an aromatic ring is 2. The number of rotatable bonds is 4. The highest BCUT2D eigenvalue weighted by Gasteiger charge is 2.29. The number of anilines is 4. The lowest BCUT2D eigenvalue weighted by Gasteiger charge is -2.36. The molecule has 0 bridgehead atoms. The van der Waals surface area contributed by atoms with Gasteiger partial charge in [0.15, 0.2) is 0 Å². The van der Waals surface area contributed by atoms with Gasteiger partial charge in [0.1, 0.15) is 11.4 Å². The Hall–Kier alpha value is -3.96. The van der Waals surface area contributed by atoms with Crippen LogP contribution in [0.3, 0.4) is 0 Å². The first-order chi connectivity index (χ1) is 15.3. The third-order valence-corrected chi connectivity index (χ3v) is 5.83. The lowest BCUT2D eigenvalue weighted by atomic mass is 10.1. The average molecular weight is 440 g/mol. The summed E-state index contributed by atoms with van der Waals surface area (Å²) in [5, 5.41) is 9.46. The van der Waals surface area contributed by atoms with Gasteiger partial charge in [-0.05, 0) is 25.0 Å². The summed E-state index contributed by atoms with van der Waals surface area (Å²) in [6.45, 7) is 1.98. The Labute approximate surface area is 181 Å². The van der Waals surface area contributed by atoms with E-state index in [1.807, 2.05) is 9.80 Å². The lowest BCUT2D eigenvalue weighted by molar-refractivity contribution is 0.0695. The molecule has 5 N–H and O–H groups in total. The summed E-state index contributed by atoms with van der Waals surface area (Å²) in [6.07, 6.45) is 3.15. The predicted molar refractivity (Wildman–Crippen MR) is 116 cm³/mol. The Morgan fingerprint density at radius 3 is 2.25 bits per heavy atom. The highest BCUT2D eigenvalue weighted by Crippen LogP contribution is 2.38. The number of aromatic nitrogens is 4. The number of carboxylic acids is 1. The van der Waals surface area contributed by atoms with E-state index in [-0.39, 0.29) is 28.9 Å². The zero-order chi connectivity index (χ0) is 22.6. The van der Waals surface area contributed by atoms with Gasteiger partial charge in [0.05, 0.1) is 11.2 Å². The highest BCUT2D eigenvalue weighted by atomic mass is 19.1. The quantitative estimate of drug-likeness (QED) is 0.531. The van der Waals surface area contributed by atoms with E-state index in [2.05, 4.69) is 15.0 Å². The summed E-state index contributed by atoms with van der Waals surface area (Å²) < 4.78 is 16.9. The number of piperazine rings is 1. The molecule has 1 aromatic carbocycles. The van der Waals surface area contributed by atoms with Crippen molar-refractivity contribution in [2.75, 3.05) is 47.4 Å². The Kier molecular flexibility index (Phi) is 4.57. The van der Waals surface area contributed by atoms with Crippen LogP contribution in [-0.2, 0) is 0 Å². The zero-order valence-electron chi connectivity index (χ0n) is 17.0. The summed E-state index contributed by atoms with van der Waals surface area (Å²) >= 11 is 0. The number of halogens is 1. The smallest absolute Gasteiger partial charge is 0.341 e. The molecule has 12 heteroatoms. The fourth-order valence-corrected chi connectivity index (χ4v) is 4.09. The van der Waals surface area contributed by atoms with Crippen LogP contribution in [0.15, 0.2) is 23.1 Å². The van der Waals surface area contributed by atoms with Crippen LogP contribution >= 0.6 is 0 Å². The molecular formula is C20H21FN8O3. The molecule has 2 aromatic heterocycles. The molecule has 2 aliphatic rings. The van der Waals surface area contributed by atoms with Gasteiger partial charge in [-0.1, -0.05) is 0 Å². The molecule has 5 rings (SSSR count). The second-order valence-electron chi connectivity index (χ2n) is 7.96. The van der Waals surface area contributed by atoms with Crippen LogP contribution < -0.4 is 26.7 Å². The molecule has 0 radical (unpaired) electrons. The number of carbonyl (C=O) groups is 1. The molecule has 3 heterocycles. The second-order valence-corrected chi connectivity index (χ2v) is 7.96. The van der Waals surface area contributed by atoms with E-state index in [9.17, 15) is 14.7 Å². The van der Waals surface area contributed by atoms with Crippen molar-refractivity contribution < 1.29 is 14.3 Å². The Morgan fingerprint density at radius 2 is 1.66 bits per heavy atom. The SMILES string of the molecule is Nc1nc(N)nc(N2CCN(c3cc4c(cc3F)c(=O)c(C(=O)O)cn4C3CC3)CC2)n1. The summed E-state index contributed by atoms with van der Waals surface area (Å²) in [5.74, 6) is -1.44. The highest BCUT2D eigenvalue weighted by molar-refractivity contribution is 5.93. The monoisotopic (exact) mass is 440 g/mol. The fourth-order valence-electron chi connectivity index (χ4n) is 4.09. The molecule has 2 fully saturated rings. The minimum absolute atomic E-state index is 0.0364.